The summed E-state index contributed by atoms with van der Waals surface area (Å²) in [7, 11) is 1.68. The lowest BCUT2D eigenvalue weighted by Gasteiger charge is -2.10. The SMILES string of the molecule is COCCn1c(Sc2nnc(C)c3ccccc23)nnc1-c1ccncc1. The molecule has 0 aliphatic heterocycles. The first kappa shape index (κ1) is 17.6. The van der Waals surface area contributed by atoms with Crippen LogP contribution >= 0.6 is 11.8 Å². The molecule has 0 bridgehead atoms. The summed E-state index contributed by atoms with van der Waals surface area (Å²) >= 11 is 1.46. The number of fused-ring (bicyclic) bond motifs is 1. The van der Waals surface area contributed by atoms with Crippen molar-refractivity contribution < 1.29 is 4.74 Å². The van der Waals surface area contributed by atoms with Gasteiger partial charge in [-0.05, 0) is 30.8 Å². The number of hydrogen-bond acceptors (Lipinski definition) is 7. The average Bonchev–Trinajstić information content (AvgIpc) is 3.12. The van der Waals surface area contributed by atoms with Gasteiger partial charge in [0.05, 0.1) is 18.8 Å². The van der Waals surface area contributed by atoms with Crippen LogP contribution in [0.4, 0.5) is 0 Å². The summed E-state index contributed by atoms with van der Waals surface area (Å²) in [5.74, 6) is 0.779. The zero-order valence-corrected chi connectivity index (χ0v) is 15.8. The molecule has 4 rings (SSSR count). The van der Waals surface area contributed by atoms with Crippen LogP contribution in [-0.4, -0.2) is 43.7 Å². The molecule has 0 aliphatic rings. The molecule has 27 heavy (non-hydrogen) atoms. The van der Waals surface area contributed by atoms with E-state index in [0.717, 1.165) is 38.0 Å². The predicted molar refractivity (Wildman–Crippen MR) is 104 cm³/mol. The first-order chi connectivity index (χ1) is 13.3. The van der Waals surface area contributed by atoms with Crippen molar-refractivity contribution in [1.82, 2.24) is 29.9 Å². The van der Waals surface area contributed by atoms with Crippen LogP contribution in [0.5, 0.6) is 0 Å². The van der Waals surface area contributed by atoms with E-state index in [9.17, 15) is 0 Å². The zero-order chi connectivity index (χ0) is 18.6. The zero-order valence-electron chi connectivity index (χ0n) is 15.0. The van der Waals surface area contributed by atoms with Gasteiger partial charge in [0.1, 0.15) is 5.03 Å². The Balaban J connectivity index is 1.77. The summed E-state index contributed by atoms with van der Waals surface area (Å²) in [5.41, 5.74) is 1.87. The third-order valence-electron chi connectivity index (χ3n) is 4.20. The van der Waals surface area contributed by atoms with Gasteiger partial charge in [-0.1, -0.05) is 24.3 Å². The van der Waals surface area contributed by atoms with Gasteiger partial charge in [-0.3, -0.25) is 9.55 Å². The van der Waals surface area contributed by atoms with E-state index in [-0.39, 0.29) is 0 Å². The van der Waals surface area contributed by atoms with Crippen molar-refractivity contribution in [3.63, 3.8) is 0 Å². The van der Waals surface area contributed by atoms with Gasteiger partial charge >= 0.3 is 0 Å². The summed E-state index contributed by atoms with van der Waals surface area (Å²) in [6.07, 6.45) is 3.49. The summed E-state index contributed by atoms with van der Waals surface area (Å²) < 4.78 is 7.31. The van der Waals surface area contributed by atoms with Crippen LogP contribution < -0.4 is 0 Å². The molecule has 0 N–H and O–H groups in total. The van der Waals surface area contributed by atoms with E-state index >= 15 is 0 Å². The number of hydrogen-bond donors (Lipinski definition) is 0. The van der Waals surface area contributed by atoms with E-state index in [0.29, 0.717) is 13.2 Å². The summed E-state index contributed by atoms with van der Waals surface area (Å²) in [6.45, 7) is 3.16. The van der Waals surface area contributed by atoms with Gasteiger partial charge in [-0.2, -0.15) is 5.10 Å². The standard InChI is InChI=1S/C19H18N6OS/c1-13-15-5-3-4-6-16(15)18(23-21-13)27-19-24-22-17(25(19)11-12-26-2)14-7-9-20-10-8-14/h3-10H,11-12H2,1-2H3. The van der Waals surface area contributed by atoms with E-state index in [2.05, 4.69) is 37.5 Å². The highest BCUT2D eigenvalue weighted by atomic mass is 32.2. The van der Waals surface area contributed by atoms with E-state index in [1.165, 1.54) is 11.8 Å². The smallest absolute Gasteiger partial charge is 0.197 e. The highest BCUT2D eigenvalue weighted by Gasteiger charge is 2.17. The Morgan fingerprint density at radius 2 is 1.74 bits per heavy atom. The molecule has 0 saturated carbocycles. The van der Waals surface area contributed by atoms with Gasteiger partial charge in [-0.15, -0.1) is 15.3 Å². The lowest BCUT2D eigenvalue weighted by Crippen LogP contribution is -2.07. The molecule has 0 aliphatic carbocycles. The number of benzene rings is 1. The fourth-order valence-electron chi connectivity index (χ4n) is 2.84. The fourth-order valence-corrected chi connectivity index (χ4v) is 3.75. The van der Waals surface area contributed by atoms with E-state index in [4.69, 9.17) is 4.74 Å². The molecule has 3 heterocycles. The van der Waals surface area contributed by atoms with Crippen LogP contribution in [0.1, 0.15) is 5.69 Å². The van der Waals surface area contributed by atoms with Gasteiger partial charge in [0.25, 0.3) is 0 Å². The number of rotatable bonds is 6. The number of aromatic nitrogens is 6. The van der Waals surface area contributed by atoms with Gasteiger partial charge < -0.3 is 4.74 Å². The number of pyridine rings is 1. The van der Waals surface area contributed by atoms with E-state index in [1.54, 1.807) is 19.5 Å². The van der Waals surface area contributed by atoms with E-state index < -0.39 is 0 Å². The maximum Gasteiger partial charge on any atom is 0.197 e. The number of methoxy groups -OCH3 is 1. The summed E-state index contributed by atoms with van der Waals surface area (Å²) in [4.78, 5) is 4.07. The van der Waals surface area contributed by atoms with Crippen molar-refractivity contribution in [2.45, 2.75) is 23.7 Å². The van der Waals surface area contributed by atoms with Crippen molar-refractivity contribution in [2.75, 3.05) is 13.7 Å². The van der Waals surface area contributed by atoms with Crippen molar-refractivity contribution in [3.05, 3.63) is 54.5 Å². The molecule has 0 radical (unpaired) electrons. The second kappa shape index (κ2) is 7.81. The Bertz CT molecular complexity index is 1070. The minimum Gasteiger partial charge on any atom is -0.383 e. The predicted octanol–water partition coefficient (Wildman–Crippen LogP) is 3.39. The molecule has 0 spiro atoms. The van der Waals surface area contributed by atoms with Gasteiger partial charge in [0, 0.05) is 35.8 Å². The van der Waals surface area contributed by atoms with Crippen LogP contribution in [0.2, 0.25) is 0 Å². The van der Waals surface area contributed by atoms with Crippen LogP contribution in [-0.2, 0) is 11.3 Å². The van der Waals surface area contributed by atoms with Crippen molar-refractivity contribution in [1.29, 1.82) is 0 Å². The molecule has 8 heteroatoms. The topological polar surface area (TPSA) is 78.6 Å². The number of ether oxygens (including phenoxy) is 1. The number of nitrogens with zero attached hydrogens (tertiary/aromatic N) is 6. The van der Waals surface area contributed by atoms with E-state index in [1.807, 2.05) is 35.8 Å². The Labute approximate surface area is 160 Å². The molecule has 0 atom stereocenters. The molecule has 1 aromatic carbocycles. The number of aryl methyl sites for hydroxylation is 1. The minimum atomic E-state index is 0.560. The molecule has 7 nitrogen and oxygen atoms in total. The largest absolute Gasteiger partial charge is 0.383 e. The molecule has 0 saturated heterocycles. The molecule has 4 aromatic rings. The van der Waals surface area contributed by atoms with Crippen molar-refractivity contribution >= 4 is 22.5 Å². The quantitative estimate of drug-likeness (QED) is 0.509. The first-order valence-electron chi connectivity index (χ1n) is 8.50. The van der Waals surface area contributed by atoms with Crippen LogP contribution in [0, 0.1) is 6.92 Å². The Morgan fingerprint density at radius 1 is 0.963 bits per heavy atom. The normalized spacial score (nSPS) is 11.2. The summed E-state index contributed by atoms with van der Waals surface area (Å²) in [6, 6.07) is 12.0. The van der Waals surface area contributed by atoms with Gasteiger partial charge in [0.15, 0.2) is 11.0 Å². The minimum absolute atomic E-state index is 0.560. The lowest BCUT2D eigenvalue weighted by molar-refractivity contribution is 0.185. The van der Waals surface area contributed by atoms with Crippen LogP contribution in [0.3, 0.4) is 0 Å². The Morgan fingerprint density at radius 3 is 2.52 bits per heavy atom. The van der Waals surface area contributed by atoms with Crippen molar-refractivity contribution in [2.24, 2.45) is 0 Å². The second-order valence-electron chi connectivity index (χ2n) is 5.92. The molecular formula is C19H18N6OS. The van der Waals surface area contributed by atoms with Crippen LogP contribution in [0.25, 0.3) is 22.2 Å². The maximum atomic E-state index is 5.27. The molecular weight excluding hydrogens is 360 g/mol. The van der Waals surface area contributed by atoms with Gasteiger partial charge in [0.2, 0.25) is 0 Å². The molecule has 0 amide bonds. The Hall–Kier alpha value is -2.84. The summed E-state index contributed by atoms with van der Waals surface area (Å²) in [5, 5.41) is 21.2. The van der Waals surface area contributed by atoms with Crippen LogP contribution in [0.15, 0.2) is 59.0 Å². The third kappa shape index (κ3) is 3.54. The molecule has 136 valence electrons. The Kier molecular flexibility index (Phi) is 5.08. The monoisotopic (exact) mass is 378 g/mol. The molecule has 3 aromatic heterocycles. The lowest BCUT2D eigenvalue weighted by atomic mass is 10.1. The molecule has 0 fully saturated rings. The fraction of sp³-hybridized carbons (Fsp3) is 0.211. The first-order valence-corrected chi connectivity index (χ1v) is 9.32. The van der Waals surface area contributed by atoms with Crippen molar-refractivity contribution in [3.8, 4) is 11.4 Å². The van der Waals surface area contributed by atoms with Gasteiger partial charge in [-0.25, -0.2) is 0 Å². The average molecular weight is 378 g/mol. The highest BCUT2D eigenvalue weighted by molar-refractivity contribution is 7.99. The molecule has 0 unspecified atom stereocenters. The maximum absolute atomic E-state index is 5.27. The highest BCUT2D eigenvalue weighted by Crippen LogP contribution is 2.33. The second-order valence-corrected chi connectivity index (χ2v) is 6.88. The third-order valence-corrected chi connectivity index (χ3v) is 5.18.